The number of benzene rings is 4. The molecule has 2 fully saturated rings. The highest BCUT2D eigenvalue weighted by Gasteiger charge is 2.16. The van der Waals surface area contributed by atoms with Gasteiger partial charge in [0, 0.05) is 13.1 Å². The van der Waals surface area contributed by atoms with Crippen molar-refractivity contribution in [2.75, 3.05) is 26.2 Å². The monoisotopic (exact) mass is 716 g/mol. The Morgan fingerprint density at radius 3 is 1.36 bits per heavy atom. The van der Waals surface area contributed by atoms with Gasteiger partial charge in [-0.3, -0.25) is 9.80 Å². The second kappa shape index (κ2) is 14.6. The van der Waals surface area contributed by atoms with Crippen molar-refractivity contribution in [2.45, 2.75) is 65.8 Å². The van der Waals surface area contributed by atoms with E-state index in [1.165, 1.54) is 96.4 Å². The summed E-state index contributed by atoms with van der Waals surface area (Å²) in [7, 11) is 0. The van der Waals surface area contributed by atoms with E-state index >= 15 is 0 Å². The van der Waals surface area contributed by atoms with Crippen LogP contribution >= 0.6 is 31.9 Å². The number of hydrogen-bond acceptors (Lipinski definition) is 4. The van der Waals surface area contributed by atoms with Crippen molar-refractivity contribution in [1.82, 2.24) is 9.80 Å². The summed E-state index contributed by atoms with van der Waals surface area (Å²) in [4.78, 5) is 5.04. The maximum Gasteiger partial charge on any atom is 0.134 e. The van der Waals surface area contributed by atoms with Crippen LogP contribution in [-0.2, 0) is 26.3 Å². The topological polar surface area (TPSA) is 24.9 Å². The lowest BCUT2D eigenvalue weighted by molar-refractivity contribution is 0.302. The SMILES string of the molecule is Cc1c(COc2ccc(CN3CCCC3)cc2Br)cccc1-c1cccc(COc2ccc(CN3CCCC3)cc2Br)c1C. The molecule has 6 heteroatoms. The third kappa shape index (κ3) is 7.59. The van der Waals surface area contributed by atoms with E-state index in [1.54, 1.807) is 0 Å². The maximum atomic E-state index is 6.33. The zero-order chi connectivity index (χ0) is 30.5. The summed E-state index contributed by atoms with van der Waals surface area (Å²) < 4.78 is 14.7. The van der Waals surface area contributed by atoms with Crippen LogP contribution < -0.4 is 9.47 Å². The zero-order valence-corrected chi connectivity index (χ0v) is 29.1. The number of hydrogen-bond donors (Lipinski definition) is 0. The third-order valence-corrected chi connectivity index (χ3v) is 10.4. The highest BCUT2D eigenvalue weighted by molar-refractivity contribution is 9.10. The average Bonchev–Trinajstić information content (AvgIpc) is 3.73. The van der Waals surface area contributed by atoms with Crippen LogP contribution in [0.25, 0.3) is 11.1 Å². The van der Waals surface area contributed by atoms with Gasteiger partial charge in [0.2, 0.25) is 0 Å². The smallest absolute Gasteiger partial charge is 0.134 e. The Labute approximate surface area is 279 Å². The lowest BCUT2D eigenvalue weighted by Gasteiger charge is -2.18. The molecule has 0 saturated carbocycles. The molecule has 0 bridgehead atoms. The summed E-state index contributed by atoms with van der Waals surface area (Å²) in [6, 6.07) is 26.0. The Balaban J connectivity index is 1.11. The molecule has 2 aliphatic heterocycles. The van der Waals surface area contributed by atoms with E-state index in [1.807, 2.05) is 0 Å². The van der Waals surface area contributed by atoms with E-state index < -0.39 is 0 Å². The Morgan fingerprint density at radius 2 is 0.977 bits per heavy atom. The van der Waals surface area contributed by atoms with Crippen LogP contribution in [0.1, 0.15) is 59.1 Å². The molecule has 2 saturated heterocycles. The van der Waals surface area contributed by atoms with Crippen molar-refractivity contribution in [3.8, 4) is 22.6 Å². The summed E-state index contributed by atoms with van der Waals surface area (Å²) in [5.74, 6) is 1.76. The quantitative estimate of drug-likeness (QED) is 0.154. The van der Waals surface area contributed by atoms with Gasteiger partial charge in [-0.2, -0.15) is 0 Å². The molecule has 0 unspecified atom stereocenters. The lowest BCUT2D eigenvalue weighted by Crippen LogP contribution is -2.18. The van der Waals surface area contributed by atoms with Crippen LogP contribution in [0.5, 0.6) is 11.5 Å². The van der Waals surface area contributed by atoms with Gasteiger partial charge >= 0.3 is 0 Å². The van der Waals surface area contributed by atoms with Crippen LogP contribution in [0.4, 0.5) is 0 Å². The van der Waals surface area contributed by atoms with Crippen molar-refractivity contribution >= 4 is 31.9 Å². The number of halogens is 2. The van der Waals surface area contributed by atoms with Crippen molar-refractivity contribution in [3.05, 3.63) is 115 Å². The van der Waals surface area contributed by atoms with Crippen LogP contribution in [-0.4, -0.2) is 36.0 Å². The molecule has 0 radical (unpaired) electrons. The molecule has 0 aromatic heterocycles. The van der Waals surface area contributed by atoms with E-state index in [-0.39, 0.29) is 0 Å². The molecule has 2 heterocycles. The summed E-state index contributed by atoms with van der Waals surface area (Å²) >= 11 is 7.51. The molecular formula is C38H42Br2N2O2. The van der Waals surface area contributed by atoms with Gasteiger partial charge in [0.05, 0.1) is 8.95 Å². The lowest BCUT2D eigenvalue weighted by atomic mass is 9.92. The fraction of sp³-hybridized carbons (Fsp3) is 0.368. The second-order valence-electron chi connectivity index (χ2n) is 12.3. The summed E-state index contributed by atoms with van der Waals surface area (Å²) in [6.07, 6.45) is 5.24. The first-order chi connectivity index (χ1) is 21.4. The van der Waals surface area contributed by atoms with Gasteiger partial charge in [0.25, 0.3) is 0 Å². The average molecular weight is 719 g/mol. The fourth-order valence-electron chi connectivity index (χ4n) is 6.49. The van der Waals surface area contributed by atoms with E-state index in [9.17, 15) is 0 Å². The van der Waals surface area contributed by atoms with E-state index in [2.05, 4.69) is 128 Å². The molecule has 4 aromatic rings. The standard InChI is InChI=1S/C38H42Br2N2O2/c1-27-31(25-43-37-15-13-29(21-35(37)39)23-41-17-3-4-18-41)9-7-11-33(27)34-12-8-10-32(28(34)2)26-44-38-16-14-30(22-36(38)40)24-42-19-5-6-20-42/h7-16,21-22H,3-6,17-20,23-26H2,1-2H3. The summed E-state index contributed by atoms with van der Waals surface area (Å²) in [6.45, 7) is 12.3. The van der Waals surface area contributed by atoms with Crippen LogP contribution in [0.2, 0.25) is 0 Å². The minimum Gasteiger partial charge on any atom is -0.488 e. The van der Waals surface area contributed by atoms with Crippen LogP contribution in [0, 0.1) is 13.8 Å². The third-order valence-electron chi connectivity index (χ3n) is 9.15. The maximum absolute atomic E-state index is 6.33. The van der Waals surface area contributed by atoms with Gasteiger partial charge in [-0.1, -0.05) is 48.5 Å². The summed E-state index contributed by atoms with van der Waals surface area (Å²) in [5, 5.41) is 0. The summed E-state index contributed by atoms with van der Waals surface area (Å²) in [5.41, 5.74) is 9.98. The molecule has 230 valence electrons. The molecule has 4 nitrogen and oxygen atoms in total. The van der Waals surface area contributed by atoms with E-state index in [0.717, 1.165) is 33.5 Å². The van der Waals surface area contributed by atoms with Crippen LogP contribution in [0.15, 0.2) is 81.7 Å². The molecule has 2 aliphatic rings. The Bertz CT molecular complexity index is 1470. The van der Waals surface area contributed by atoms with E-state index in [0.29, 0.717) is 13.2 Å². The number of likely N-dealkylation sites (tertiary alicyclic amines) is 2. The molecule has 0 spiro atoms. The molecule has 6 rings (SSSR count). The molecular weight excluding hydrogens is 676 g/mol. The first kappa shape index (κ1) is 31.3. The Morgan fingerprint density at radius 1 is 0.568 bits per heavy atom. The predicted octanol–water partition coefficient (Wildman–Crippen LogP) is 9.85. The zero-order valence-electron chi connectivity index (χ0n) is 25.9. The fourth-order valence-corrected chi connectivity index (χ4v) is 7.57. The number of ether oxygens (including phenoxy) is 2. The highest BCUT2D eigenvalue weighted by atomic mass is 79.9. The van der Waals surface area contributed by atoms with E-state index in [4.69, 9.17) is 9.47 Å². The molecule has 0 N–H and O–H groups in total. The predicted molar refractivity (Wildman–Crippen MR) is 187 cm³/mol. The molecule has 0 aliphatic carbocycles. The molecule has 44 heavy (non-hydrogen) atoms. The Hall–Kier alpha value is -2.64. The molecule has 0 amide bonds. The van der Waals surface area contributed by atoms with Gasteiger partial charge < -0.3 is 9.47 Å². The first-order valence-corrected chi connectivity index (χ1v) is 17.5. The van der Waals surface area contributed by atoms with Gasteiger partial charge in [-0.15, -0.1) is 0 Å². The largest absolute Gasteiger partial charge is 0.488 e. The molecule has 4 aromatic carbocycles. The second-order valence-corrected chi connectivity index (χ2v) is 14.0. The van der Waals surface area contributed by atoms with Gasteiger partial charge in [-0.05, 0) is 166 Å². The number of nitrogens with zero attached hydrogens (tertiary/aromatic N) is 2. The van der Waals surface area contributed by atoms with Crippen molar-refractivity contribution in [1.29, 1.82) is 0 Å². The van der Waals surface area contributed by atoms with Gasteiger partial charge in [0.15, 0.2) is 0 Å². The van der Waals surface area contributed by atoms with Gasteiger partial charge in [-0.25, -0.2) is 0 Å². The molecule has 0 atom stereocenters. The van der Waals surface area contributed by atoms with Crippen molar-refractivity contribution in [2.24, 2.45) is 0 Å². The first-order valence-electron chi connectivity index (χ1n) is 15.9. The minimum absolute atomic E-state index is 0.521. The minimum atomic E-state index is 0.521. The van der Waals surface area contributed by atoms with Crippen molar-refractivity contribution < 1.29 is 9.47 Å². The number of rotatable bonds is 11. The van der Waals surface area contributed by atoms with Gasteiger partial charge in [0.1, 0.15) is 24.7 Å². The van der Waals surface area contributed by atoms with Crippen LogP contribution in [0.3, 0.4) is 0 Å². The Kier molecular flexibility index (Phi) is 10.4. The van der Waals surface area contributed by atoms with Crippen molar-refractivity contribution in [3.63, 3.8) is 0 Å². The normalized spacial score (nSPS) is 15.6. The highest BCUT2D eigenvalue weighted by Crippen LogP contribution is 2.34.